The van der Waals surface area contributed by atoms with Gasteiger partial charge in [0.2, 0.25) is 5.91 Å². The van der Waals surface area contributed by atoms with Gasteiger partial charge in [-0.1, -0.05) is 6.07 Å². The first-order valence-electron chi connectivity index (χ1n) is 7.34. The maximum Gasteiger partial charge on any atom is 0.246 e. The monoisotopic (exact) mass is 441 g/mol. The van der Waals surface area contributed by atoms with Crippen molar-refractivity contribution in [1.82, 2.24) is 5.48 Å². The Kier molecular flexibility index (Phi) is 12.8. The second kappa shape index (κ2) is 13.1. The minimum absolute atomic E-state index is 0.854. The molecule has 0 saturated carbocycles. The molecule has 1 rings (SSSR count). The van der Waals surface area contributed by atoms with Crippen molar-refractivity contribution in [1.29, 1.82) is 0 Å². The van der Waals surface area contributed by atoms with Gasteiger partial charge in [0.25, 0.3) is 0 Å². The van der Waals surface area contributed by atoms with E-state index in [1.54, 1.807) is 0 Å². The Morgan fingerprint density at radius 1 is 1.18 bits per heavy atom. The van der Waals surface area contributed by atoms with Crippen molar-refractivity contribution in [3.63, 3.8) is 0 Å². The number of halogens is 3. The van der Waals surface area contributed by atoms with Gasteiger partial charge in [0.05, 0.1) is 0 Å². The largest absolute Gasteiger partial charge is 0.759 e. The van der Waals surface area contributed by atoms with Crippen molar-refractivity contribution in [2.75, 3.05) is 0 Å². The number of rotatable bonds is 7. The summed E-state index contributed by atoms with van der Waals surface area (Å²) in [6.45, 7) is 4.49. The molecule has 7 heteroatoms. The predicted octanol–water partition coefficient (Wildman–Crippen LogP) is 5.01. The molecule has 0 heterocycles. The average Bonchev–Trinajstić information content (AvgIpc) is 2.51. The Morgan fingerprint density at radius 2 is 1.64 bits per heavy atom. The van der Waals surface area contributed by atoms with Crippen LogP contribution in [-0.2, 0) is 0 Å². The summed E-state index contributed by atoms with van der Waals surface area (Å²) in [6, 6.07) is 2.90. The first-order chi connectivity index (χ1) is 10.5. The van der Waals surface area contributed by atoms with Gasteiger partial charge in [-0.3, -0.25) is 4.79 Å². The molecule has 1 aromatic carbocycles. The van der Waals surface area contributed by atoms with E-state index in [0.29, 0.717) is 0 Å². The van der Waals surface area contributed by atoms with Gasteiger partial charge in [-0.2, -0.15) is 0 Å². The quantitative estimate of drug-likeness (QED) is 0.479. The number of benzene rings is 1. The van der Waals surface area contributed by atoms with Crippen LogP contribution in [0.5, 0.6) is 0 Å². The molecule has 0 radical (unpaired) electrons. The fraction of sp³-hybridized carbons (Fsp3) is 0.533. The van der Waals surface area contributed by atoms with Gasteiger partial charge in [-0.05, 0) is 12.1 Å². The van der Waals surface area contributed by atoms with Gasteiger partial charge in [-0.25, -0.2) is 8.78 Å². The number of hydroxylamine groups is 1. The van der Waals surface area contributed by atoms with E-state index in [2.05, 4.69) is 13.8 Å². The molecule has 22 heavy (non-hydrogen) atoms. The number of carbonyl (C=O) groups excluding carboxylic acids is 1. The molecule has 0 saturated heterocycles. The van der Waals surface area contributed by atoms with Crippen LogP contribution in [-0.4, -0.2) is 24.5 Å². The van der Waals surface area contributed by atoms with Crippen LogP contribution in [0, 0.1) is 16.8 Å². The molecular weight excluding hydrogens is 418 g/mol. The summed E-state index contributed by atoms with van der Waals surface area (Å²) >= 11 is -1.27. The third kappa shape index (κ3) is 8.90. The summed E-state index contributed by atoms with van der Waals surface area (Å²) in [5.74, 6) is -3.42. The van der Waals surface area contributed by atoms with Gasteiger partial charge in [0.1, 0.15) is 17.2 Å². The maximum atomic E-state index is 12.6. The van der Waals surface area contributed by atoms with E-state index in [0.717, 1.165) is 23.7 Å². The molecule has 0 unspecified atom stereocenters. The van der Waals surface area contributed by atoms with Gasteiger partial charge >= 0.3 is 76.0 Å². The van der Waals surface area contributed by atoms with Crippen molar-refractivity contribution in [2.24, 2.45) is 0 Å². The summed E-state index contributed by atoms with van der Waals surface area (Å²) in [5.41, 5.74) is 0.0398. The van der Waals surface area contributed by atoms with E-state index in [4.69, 9.17) is 8.92 Å². The number of nitrogens with one attached hydrogen (secondary N) is 1. The van der Waals surface area contributed by atoms with Crippen LogP contribution < -0.4 is 5.48 Å². The third-order valence-electron chi connectivity index (χ3n) is 2.89. The van der Waals surface area contributed by atoms with Gasteiger partial charge in [-0.15, -0.1) is 0 Å². The molecule has 3 nitrogen and oxygen atoms in total. The SMILES string of the molecule is CCC[CH2][Sn+]([Cl])[CH2]CCC.O=C(N[O-])c1c(F)cccc1F. The van der Waals surface area contributed by atoms with E-state index in [-0.39, 0.29) is 0 Å². The second-order valence-electron chi connectivity index (χ2n) is 4.75. The first kappa shape index (κ1) is 21.6. The summed E-state index contributed by atoms with van der Waals surface area (Å²) < 4.78 is 28.1. The third-order valence-corrected chi connectivity index (χ3v) is 10.5. The normalized spacial score (nSPS) is 9.73. The van der Waals surface area contributed by atoms with E-state index in [1.807, 2.05) is 0 Å². The minimum atomic E-state index is -1.31. The molecule has 0 fully saturated rings. The van der Waals surface area contributed by atoms with Crippen molar-refractivity contribution in [3.05, 3.63) is 40.6 Å². The van der Waals surface area contributed by atoms with Crippen molar-refractivity contribution in [2.45, 2.75) is 48.4 Å². The summed E-state index contributed by atoms with van der Waals surface area (Å²) in [7, 11) is 6.24. The molecule has 124 valence electrons. The zero-order chi connectivity index (χ0) is 17.0. The Morgan fingerprint density at radius 3 is 2.00 bits per heavy atom. The van der Waals surface area contributed by atoms with Crippen LogP contribution >= 0.6 is 8.92 Å². The number of hydrogen-bond acceptors (Lipinski definition) is 2. The number of hydrogen-bond donors (Lipinski definition) is 1. The molecule has 0 spiro atoms. The van der Waals surface area contributed by atoms with Crippen LogP contribution in [0.2, 0.25) is 8.87 Å². The zero-order valence-electron chi connectivity index (χ0n) is 12.9. The van der Waals surface area contributed by atoms with Gasteiger partial charge < -0.3 is 10.7 Å². The van der Waals surface area contributed by atoms with Crippen LogP contribution in [0.15, 0.2) is 18.2 Å². The average molecular weight is 441 g/mol. The topological polar surface area (TPSA) is 52.2 Å². The Bertz CT molecular complexity index is 421. The molecule has 0 atom stereocenters. The molecular formula is C15H22ClF2NO2Sn. The standard InChI is InChI=1S/C7H4F2NO2.2C4H9.ClH.Sn/c8-4-2-1-3-5(9)6(4)7(11)10-12;2*1-3-4-2;;/h1-3H,(H-,10,11,12);2*1,3-4H2,2H3;1H;/q-1;;;;+2/p-1. The molecule has 1 aromatic rings. The smallest absolute Gasteiger partial charge is 0.246 e. The summed E-state index contributed by atoms with van der Waals surface area (Å²) in [6.07, 6.45) is 5.40. The van der Waals surface area contributed by atoms with Crippen LogP contribution in [0.3, 0.4) is 0 Å². The second-order valence-corrected chi connectivity index (χ2v) is 14.1. The van der Waals surface area contributed by atoms with Crippen LogP contribution in [0.4, 0.5) is 8.78 Å². The fourth-order valence-corrected chi connectivity index (χ4v) is 8.34. The molecule has 0 aliphatic rings. The fourth-order valence-electron chi connectivity index (χ4n) is 1.63. The van der Waals surface area contributed by atoms with Gasteiger partial charge in [0.15, 0.2) is 0 Å². The molecule has 0 bridgehead atoms. The maximum absolute atomic E-state index is 12.6. The van der Waals surface area contributed by atoms with Crippen molar-refractivity contribution < 1.29 is 13.6 Å². The molecule has 0 aliphatic heterocycles. The van der Waals surface area contributed by atoms with E-state index in [9.17, 15) is 18.8 Å². The predicted molar refractivity (Wildman–Crippen MR) is 88.2 cm³/mol. The Labute approximate surface area is 141 Å². The Hall–Kier alpha value is -0.401. The number of unbranched alkanes of at least 4 members (excludes halogenated alkanes) is 2. The molecule has 0 aromatic heterocycles. The van der Waals surface area contributed by atoms with Gasteiger partial charge in [0, 0.05) is 0 Å². The number of carbonyl (C=O) groups is 1. The summed E-state index contributed by atoms with van der Waals surface area (Å²) in [5, 5.41) is 9.80. The minimum Gasteiger partial charge on any atom is -0.759 e. The van der Waals surface area contributed by atoms with E-state index < -0.39 is 41.7 Å². The van der Waals surface area contributed by atoms with Crippen LogP contribution in [0.25, 0.3) is 0 Å². The zero-order valence-corrected chi connectivity index (χ0v) is 16.5. The summed E-state index contributed by atoms with van der Waals surface area (Å²) in [4.78, 5) is 10.6. The Balaban J connectivity index is 0.000000409. The molecule has 0 aliphatic carbocycles. The number of amides is 1. The van der Waals surface area contributed by atoms with Crippen molar-refractivity contribution >= 4 is 33.5 Å². The molecule has 1 N–H and O–H groups in total. The molecule has 1 amide bonds. The van der Waals surface area contributed by atoms with Crippen molar-refractivity contribution in [3.8, 4) is 0 Å². The van der Waals surface area contributed by atoms with E-state index in [1.165, 1.54) is 34.6 Å². The van der Waals surface area contributed by atoms with E-state index >= 15 is 0 Å². The first-order valence-corrected chi connectivity index (χ1v) is 15.0. The van der Waals surface area contributed by atoms with Crippen LogP contribution in [0.1, 0.15) is 49.9 Å².